The van der Waals surface area contributed by atoms with Crippen LogP contribution in [-0.2, 0) is 14.8 Å². The number of benzene rings is 2. The Morgan fingerprint density at radius 2 is 1.59 bits per heavy atom. The minimum Gasteiger partial charge on any atom is -0.345 e. The summed E-state index contributed by atoms with van der Waals surface area (Å²) in [6.45, 7) is 2.03. The summed E-state index contributed by atoms with van der Waals surface area (Å²) in [4.78, 5) is 12.5. The van der Waals surface area contributed by atoms with Crippen LogP contribution in [0.15, 0.2) is 48.5 Å². The predicted molar refractivity (Wildman–Crippen MR) is 116 cm³/mol. The Balaban J connectivity index is 1.76. The van der Waals surface area contributed by atoms with Crippen LogP contribution in [0.5, 0.6) is 0 Å². The van der Waals surface area contributed by atoms with Crippen LogP contribution in [0.1, 0.15) is 72.7 Å². The van der Waals surface area contributed by atoms with Crippen molar-refractivity contribution in [2.24, 2.45) is 5.14 Å². The van der Waals surface area contributed by atoms with E-state index in [1.165, 1.54) is 31.2 Å². The van der Waals surface area contributed by atoms with Crippen molar-refractivity contribution >= 4 is 15.9 Å². The molecule has 2 aromatic rings. The van der Waals surface area contributed by atoms with Gasteiger partial charge >= 0.3 is 0 Å². The van der Waals surface area contributed by atoms with Gasteiger partial charge in [-0.25, -0.2) is 13.6 Å². The molecule has 29 heavy (non-hydrogen) atoms. The fourth-order valence-corrected chi connectivity index (χ4v) is 4.55. The van der Waals surface area contributed by atoms with Gasteiger partial charge in [0.25, 0.3) is 0 Å². The Labute approximate surface area is 173 Å². The highest BCUT2D eigenvalue weighted by atomic mass is 32.2. The molecule has 3 rings (SSSR count). The van der Waals surface area contributed by atoms with E-state index in [2.05, 4.69) is 29.6 Å². The van der Waals surface area contributed by atoms with Crippen molar-refractivity contribution in [1.82, 2.24) is 5.32 Å². The summed E-state index contributed by atoms with van der Waals surface area (Å²) in [5, 5.41) is 8.10. The van der Waals surface area contributed by atoms with Crippen LogP contribution in [0.3, 0.4) is 0 Å². The lowest BCUT2D eigenvalue weighted by Gasteiger charge is -2.21. The number of aryl methyl sites for hydroxylation is 1. The molecule has 1 aliphatic carbocycles. The molecule has 0 saturated heterocycles. The summed E-state index contributed by atoms with van der Waals surface area (Å²) in [5.74, 6) is 0.278. The van der Waals surface area contributed by atoms with Crippen molar-refractivity contribution in [2.75, 3.05) is 5.75 Å². The van der Waals surface area contributed by atoms with Crippen molar-refractivity contribution in [3.63, 3.8) is 0 Å². The Morgan fingerprint density at radius 3 is 2.14 bits per heavy atom. The average Bonchev–Trinajstić information content (AvgIpc) is 3.21. The second-order valence-corrected chi connectivity index (χ2v) is 9.76. The van der Waals surface area contributed by atoms with Crippen LogP contribution in [0.2, 0.25) is 0 Å². The second kappa shape index (κ2) is 9.55. The van der Waals surface area contributed by atoms with Gasteiger partial charge in [0, 0.05) is 6.42 Å². The molecule has 0 radical (unpaired) electrons. The molecule has 1 atom stereocenters. The summed E-state index contributed by atoms with van der Waals surface area (Å²) in [5.41, 5.74) is 4.55. The number of hydrogen-bond acceptors (Lipinski definition) is 3. The third kappa shape index (κ3) is 6.41. The zero-order valence-electron chi connectivity index (χ0n) is 16.9. The van der Waals surface area contributed by atoms with Crippen molar-refractivity contribution in [1.29, 1.82) is 0 Å². The highest BCUT2D eigenvalue weighted by Gasteiger charge is 2.20. The first-order valence-corrected chi connectivity index (χ1v) is 12.0. The maximum Gasteiger partial charge on any atom is 0.220 e. The number of carbonyl (C=O) groups excluding carboxylic acids is 1. The quantitative estimate of drug-likeness (QED) is 0.686. The Morgan fingerprint density at radius 1 is 1.03 bits per heavy atom. The van der Waals surface area contributed by atoms with Gasteiger partial charge in [-0.05, 0) is 48.8 Å². The first kappa shape index (κ1) is 21.5. The van der Waals surface area contributed by atoms with Crippen LogP contribution >= 0.6 is 0 Å². The largest absolute Gasteiger partial charge is 0.345 e. The number of hydrogen-bond donors (Lipinski definition) is 2. The summed E-state index contributed by atoms with van der Waals surface area (Å²) in [6, 6.07) is 16.4. The Kier molecular flexibility index (Phi) is 7.09. The zero-order chi connectivity index (χ0) is 20.9. The normalized spacial score (nSPS) is 15.9. The lowest BCUT2D eigenvalue weighted by molar-refractivity contribution is -0.121. The van der Waals surface area contributed by atoms with Gasteiger partial charge in [-0.1, -0.05) is 66.9 Å². The smallest absolute Gasteiger partial charge is 0.220 e. The standard InChI is InChI=1S/C23H30N2O3S/c1-17-8-10-20(11-9-17)23(25-22(26)7-4-16-29(24,27)28)21-14-12-19(13-15-21)18-5-2-3-6-18/h8-15,18,23H,2-7,16H2,1H3,(H,25,26)(H2,24,27,28). The van der Waals surface area contributed by atoms with Gasteiger partial charge in [0.1, 0.15) is 0 Å². The van der Waals surface area contributed by atoms with Gasteiger partial charge in [0.05, 0.1) is 11.8 Å². The Bertz CT molecular complexity index is 916. The number of amides is 1. The minimum atomic E-state index is -3.55. The van der Waals surface area contributed by atoms with E-state index >= 15 is 0 Å². The average molecular weight is 415 g/mol. The molecule has 0 aromatic heterocycles. The molecule has 0 aliphatic heterocycles. The third-order valence-corrected chi connectivity index (χ3v) is 6.50. The second-order valence-electron chi connectivity index (χ2n) is 8.03. The summed E-state index contributed by atoms with van der Waals surface area (Å²) in [7, 11) is -3.55. The molecule has 6 heteroatoms. The van der Waals surface area contributed by atoms with Crippen LogP contribution in [0.4, 0.5) is 0 Å². The van der Waals surface area contributed by atoms with Gasteiger partial charge in [-0.2, -0.15) is 0 Å². The minimum absolute atomic E-state index is 0.124. The maximum atomic E-state index is 12.5. The molecular formula is C23H30N2O3S. The van der Waals surface area contributed by atoms with E-state index in [0.29, 0.717) is 5.92 Å². The molecule has 2 aromatic carbocycles. The summed E-state index contributed by atoms with van der Waals surface area (Å²) >= 11 is 0. The van der Waals surface area contributed by atoms with Crippen LogP contribution < -0.4 is 10.5 Å². The van der Waals surface area contributed by atoms with E-state index in [0.717, 1.165) is 16.7 Å². The molecule has 156 valence electrons. The summed E-state index contributed by atoms with van der Waals surface area (Å²) < 4.78 is 22.2. The van der Waals surface area contributed by atoms with Crippen molar-refractivity contribution < 1.29 is 13.2 Å². The van der Waals surface area contributed by atoms with Crippen molar-refractivity contribution in [3.8, 4) is 0 Å². The molecule has 1 saturated carbocycles. The Hall–Kier alpha value is -2.18. The first-order chi connectivity index (χ1) is 13.8. The van der Waals surface area contributed by atoms with Crippen molar-refractivity contribution in [2.45, 2.75) is 57.4 Å². The first-order valence-electron chi connectivity index (χ1n) is 10.3. The van der Waals surface area contributed by atoms with Crippen LogP contribution in [0, 0.1) is 6.92 Å². The van der Waals surface area contributed by atoms with E-state index in [1.54, 1.807) is 0 Å². The fourth-order valence-electron chi connectivity index (χ4n) is 4.00. The number of sulfonamides is 1. The molecule has 1 fully saturated rings. The number of nitrogens with one attached hydrogen (secondary N) is 1. The van der Waals surface area contributed by atoms with E-state index in [9.17, 15) is 13.2 Å². The number of primary sulfonamides is 1. The van der Waals surface area contributed by atoms with E-state index < -0.39 is 10.0 Å². The van der Waals surface area contributed by atoms with Crippen LogP contribution in [-0.4, -0.2) is 20.1 Å². The molecule has 1 unspecified atom stereocenters. The van der Waals surface area contributed by atoms with Crippen molar-refractivity contribution in [3.05, 3.63) is 70.8 Å². The maximum absolute atomic E-state index is 12.5. The van der Waals surface area contributed by atoms with Gasteiger partial charge in [0.2, 0.25) is 15.9 Å². The molecule has 0 bridgehead atoms. The molecule has 1 aliphatic rings. The lowest BCUT2D eigenvalue weighted by Crippen LogP contribution is -2.30. The number of carbonyl (C=O) groups is 1. The molecular weight excluding hydrogens is 384 g/mol. The molecule has 0 heterocycles. The van der Waals surface area contributed by atoms with Crippen LogP contribution in [0.25, 0.3) is 0 Å². The van der Waals surface area contributed by atoms with E-state index in [-0.39, 0.29) is 30.5 Å². The predicted octanol–water partition coefficient (Wildman–Crippen LogP) is 3.93. The molecule has 3 N–H and O–H groups in total. The number of nitrogens with two attached hydrogens (primary N) is 1. The molecule has 0 spiro atoms. The number of rotatable bonds is 8. The van der Waals surface area contributed by atoms with Gasteiger partial charge in [0.15, 0.2) is 0 Å². The monoisotopic (exact) mass is 414 g/mol. The SMILES string of the molecule is Cc1ccc(C(NC(=O)CCCS(N)(=O)=O)c2ccc(C3CCCC3)cc2)cc1. The summed E-state index contributed by atoms with van der Waals surface area (Å²) in [6.07, 6.45) is 5.44. The lowest BCUT2D eigenvalue weighted by atomic mass is 9.93. The van der Waals surface area contributed by atoms with Gasteiger partial charge < -0.3 is 5.32 Å². The molecule has 1 amide bonds. The zero-order valence-corrected chi connectivity index (χ0v) is 17.8. The van der Waals surface area contributed by atoms with Gasteiger partial charge in [-0.15, -0.1) is 0 Å². The van der Waals surface area contributed by atoms with E-state index in [1.807, 2.05) is 31.2 Å². The highest BCUT2D eigenvalue weighted by molar-refractivity contribution is 7.89. The van der Waals surface area contributed by atoms with Gasteiger partial charge in [-0.3, -0.25) is 4.79 Å². The highest BCUT2D eigenvalue weighted by Crippen LogP contribution is 2.34. The van der Waals surface area contributed by atoms with E-state index in [4.69, 9.17) is 5.14 Å². The topological polar surface area (TPSA) is 89.3 Å². The third-order valence-electron chi connectivity index (χ3n) is 5.65. The molecule has 5 nitrogen and oxygen atoms in total. The fraction of sp³-hybridized carbons (Fsp3) is 0.435.